The Morgan fingerprint density at radius 1 is 0.951 bits per heavy atom. The molecular weight excluding hydrogens is 599 g/mol. The second-order valence-corrected chi connectivity index (χ2v) is 11.4. The molecule has 0 bridgehead atoms. The number of likely N-dealkylation sites (N-methyl/N-ethyl adjacent to an activating group) is 1. The zero-order valence-electron chi connectivity index (χ0n) is 22.6. The number of halogens is 4. The van der Waals surface area contributed by atoms with Crippen LogP contribution in [0.25, 0.3) is 0 Å². The Morgan fingerprint density at radius 3 is 2.34 bits per heavy atom. The van der Waals surface area contributed by atoms with Gasteiger partial charge in [-0.1, -0.05) is 34.1 Å². The van der Waals surface area contributed by atoms with Gasteiger partial charge in [0.2, 0.25) is 0 Å². The van der Waals surface area contributed by atoms with E-state index in [-0.39, 0.29) is 24.5 Å². The molecule has 0 aliphatic carbocycles. The number of nitrogens with zero attached hydrogens (tertiary/aromatic N) is 7. The van der Waals surface area contributed by atoms with Gasteiger partial charge in [0, 0.05) is 67.6 Å². The van der Waals surface area contributed by atoms with Crippen LogP contribution in [0.2, 0.25) is 0 Å². The highest BCUT2D eigenvalue weighted by atomic mass is 79.9. The zero-order valence-corrected chi connectivity index (χ0v) is 24.2. The lowest BCUT2D eigenvalue weighted by Gasteiger charge is -2.36. The molecule has 1 aromatic heterocycles. The summed E-state index contributed by atoms with van der Waals surface area (Å²) in [5.41, 5.74) is 1.35. The number of hydrogen-bond acceptors (Lipinski definition) is 7. The minimum atomic E-state index is -1.71. The molecule has 1 aliphatic rings. The van der Waals surface area contributed by atoms with Crippen molar-refractivity contribution in [3.05, 3.63) is 106 Å². The molecule has 1 aliphatic heterocycles. The number of aromatic nitrogens is 4. The minimum absolute atomic E-state index is 0.0273. The Labute approximate surface area is 245 Å². The molecule has 0 spiro atoms. The van der Waals surface area contributed by atoms with Crippen molar-refractivity contribution in [1.29, 1.82) is 0 Å². The number of anilines is 1. The molecule has 0 saturated carbocycles. The van der Waals surface area contributed by atoms with E-state index in [2.05, 4.69) is 53.4 Å². The van der Waals surface area contributed by atoms with Crippen LogP contribution < -0.4 is 4.90 Å². The van der Waals surface area contributed by atoms with Crippen molar-refractivity contribution in [3.63, 3.8) is 0 Å². The maximum absolute atomic E-state index is 14.7. The topological polar surface area (TPSA) is 73.6 Å². The second-order valence-electron chi connectivity index (χ2n) is 10.5. The van der Waals surface area contributed by atoms with Crippen LogP contribution in [0.3, 0.4) is 0 Å². The van der Waals surface area contributed by atoms with Crippen LogP contribution in [-0.2, 0) is 25.2 Å². The number of tetrazole rings is 1. The maximum atomic E-state index is 14.7. The van der Waals surface area contributed by atoms with Gasteiger partial charge in [-0.25, -0.2) is 17.9 Å². The molecule has 3 aromatic carbocycles. The van der Waals surface area contributed by atoms with Gasteiger partial charge in [0.05, 0.1) is 6.54 Å². The van der Waals surface area contributed by atoms with Crippen LogP contribution in [0.5, 0.6) is 0 Å². The van der Waals surface area contributed by atoms with E-state index >= 15 is 0 Å². The van der Waals surface area contributed by atoms with E-state index in [4.69, 9.17) is 0 Å². The molecule has 5 rings (SSSR count). The van der Waals surface area contributed by atoms with E-state index in [1.165, 1.54) is 23.1 Å². The molecule has 4 aromatic rings. The lowest BCUT2D eigenvalue weighted by molar-refractivity contribution is -0.0178. The monoisotopic (exact) mass is 629 g/mol. The first kappa shape index (κ1) is 29.2. The van der Waals surface area contributed by atoms with Crippen LogP contribution in [0, 0.1) is 17.5 Å². The van der Waals surface area contributed by atoms with Crippen LogP contribution in [0.1, 0.15) is 16.7 Å². The lowest BCUT2D eigenvalue weighted by atomic mass is 9.92. The quantitative estimate of drug-likeness (QED) is 0.282. The summed E-state index contributed by atoms with van der Waals surface area (Å²) < 4.78 is 44.2. The average molecular weight is 631 g/mol. The van der Waals surface area contributed by atoms with Crippen LogP contribution in [0.4, 0.5) is 18.9 Å². The van der Waals surface area contributed by atoms with Gasteiger partial charge in [0.15, 0.2) is 0 Å². The van der Waals surface area contributed by atoms with Gasteiger partial charge in [0.25, 0.3) is 0 Å². The van der Waals surface area contributed by atoms with E-state index in [1.54, 1.807) is 12.1 Å². The summed E-state index contributed by atoms with van der Waals surface area (Å²) in [6.07, 6.45) is 1.34. The Balaban J connectivity index is 1.19. The molecule has 1 atom stereocenters. The van der Waals surface area contributed by atoms with Gasteiger partial charge >= 0.3 is 0 Å². The molecule has 2 heterocycles. The Hall–Kier alpha value is -3.32. The van der Waals surface area contributed by atoms with Crippen molar-refractivity contribution in [2.45, 2.75) is 25.2 Å². The summed E-state index contributed by atoms with van der Waals surface area (Å²) in [6.45, 7) is 4.60. The standard InChI is InChI=1S/C29H31BrF3N7O/c1-37(18-29(41,19-40-20-34-35-36-40)26-8-4-24(32)15-28(26)33)16-21-2-6-25(7-3-21)39-12-10-38(11-13-39)17-22-14-23(31)5-9-27(22)30/h2-9,14-15,20,41H,10-13,16-19H2,1H3. The van der Waals surface area contributed by atoms with Crippen molar-refractivity contribution in [2.24, 2.45) is 0 Å². The van der Waals surface area contributed by atoms with Crippen LogP contribution >= 0.6 is 15.9 Å². The molecule has 1 N–H and O–H groups in total. The Morgan fingerprint density at radius 2 is 1.66 bits per heavy atom. The minimum Gasteiger partial charge on any atom is -0.382 e. The zero-order chi connectivity index (χ0) is 29.0. The van der Waals surface area contributed by atoms with Gasteiger partial charge in [0.1, 0.15) is 29.4 Å². The third-order valence-electron chi connectivity index (χ3n) is 7.31. The summed E-state index contributed by atoms with van der Waals surface area (Å²) in [5, 5.41) is 22.6. The van der Waals surface area contributed by atoms with Crippen LogP contribution in [-0.4, -0.2) is 74.9 Å². The Bertz CT molecular complexity index is 1450. The first-order chi connectivity index (χ1) is 19.7. The molecule has 1 saturated heterocycles. The maximum Gasteiger partial charge on any atom is 0.138 e. The molecule has 8 nitrogen and oxygen atoms in total. The average Bonchev–Trinajstić information content (AvgIpc) is 3.44. The third kappa shape index (κ3) is 7.31. The van der Waals surface area contributed by atoms with E-state index in [1.807, 2.05) is 24.1 Å². The number of hydrogen-bond donors (Lipinski definition) is 1. The van der Waals surface area contributed by atoms with E-state index in [9.17, 15) is 18.3 Å². The third-order valence-corrected chi connectivity index (χ3v) is 8.08. The Kier molecular flexibility index (Phi) is 9.03. The fourth-order valence-corrected chi connectivity index (χ4v) is 5.68. The highest BCUT2D eigenvalue weighted by Crippen LogP contribution is 2.28. The molecule has 0 radical (unpaired) electrons. The number of benzene rings is 3. The van der Waals surface area contributed by atoms with Gasteiger partial charge in [-0.15, -0.1) is 5.10 Å². The molecule has 12 heteroatoms. The SMILES string of the molecule is CN(Cc1ccc(N2CCN(Cc3cc(F)ccc3Br)CC2)cc1)CC(O)(Cn1cnnn1)c1ccc(F)cc1F. The van der Waals surface area contributed by atoms with Crippen molar-refractivity contribution < 1.29 is 18.3 Å². The van der Waals surface area contributed by atoms with Crippen LogP contribution in [0.15, 0.2) is 71.5 Å². The summed E-state index contributed by atoms with van der Waals surface area (Å²) in [7, 11) is 1.83. The van der Waals surface area contributed by atoms with Crippen molar-refractivity contribution in [3.8, 4) is 0 Å². The van der Waals surface area contributed by atoms with Gasteiger partial charge in [-0.2, -0.15) is 0 Å². The van der Waals surface area contributed by atoms with Gasteiger partial charge in [-0.3, -0.25) is 9.80 Å². The molecular formula is C29H31BrF3N7O. The summed E-state index contributed by atoms with van der Waals surface area (Å²) >= 11 is 3.52. The smallest absolute Gasteiger partial charge is 0.138 e. The molecule has 1 unspecified atom stereocenters. The van der Waals surface area contributed by atoms with Gasteiger partial charge < -0.3 is 10.0 Å². The summed E-state index contributed by atoms with van der Waals surface area (Å²) in [4.78, 5) is 6.53. The molecule has 216 valence electrons. The van der Waals surface area contributed by atoms with Crippen molar-refractivity contribution in [2.75, 3.05) is 44.7 Å². The normalized spacial score (nSPS) is 15.8. The number of rotatable bonds is 10. The van der Waals surface area contributed by atoms with E-state index in [0.29, 0.717) is 13.1 Å². The predicted octanol–water partition coefficient (Wildman–Crippen LogP) is 4.19. The fourth-order valence-electron chi connectivity index (χ4n) is 5.30. The fraction of sp³-hybridized carbons (Fsp3) is 0.345. The first-order valence-corrected chi connectivity index (χ1v) is 14.1. The van der Waals surface area contributed by atoms with Gasteiger partial charge in [-0.05, 0) is 65.0 Å². The first-order valence-electron chi connectivity index (χ1n) is 13.3. The van der Waals surface area contributed by atoms with Crippen molar-refractivity contribution in [1.82, 2.24) is 30.0 Å². The second kappa shape index (κ2) is 12.7. The largest absolute Gasteiger partial charge is 0.382 e. The van der Waals surface area contributed by atoms with E-state index in [0.717, 1.165) is 59.6 Å². The molecule has 1 fully saturated rings. The number of piperazine rings is 1. The predicted molar refractivity (Wildman–Crippen MR) is 152 cm³/mol. The summed E-state index contributed by atoms with van der Waals surface area (Å²) in [5.74, 6) is -1.78. The molecule has 0 amide bonds. The molecule has 41 heavy (non-hydrogen) atoms. The highest BCUT2D eigenvalue weighted by molar-refractivity contribution is 9.10. The number of aliphatic hydroxyl groups is 1. The highest BCUT2D eigenvalue weighted by Gasteiger charge is 2.35. The lowest BCUT2D eigenvalue weighted by Crippen LogP contribution is -2.46. The van der Waals surface area contributed by atoms with Crippen molar-refractivity contribution >= 4 is 21.6 Å². The summed E-state index contributed by atoms with van der Waals surface area (Å²) in [6, 6.07) is 16.2. The van der Waals surface area contributed by atoms with E-state index < -0.39 is 17.2 Å².